The van der Waals surface area contributed by atoms with Crippen molar-refractivity contribution in [3.05, 3.63) is 51.2 Å². The molecule has 0 atom stereocenters. The lowest BCUT2D eigenvalue weighted by Gasteiger charge is -2.12. The molecule has 2 aromatic rings. The molecule has 1 aliphatic heterocycles. The van der Waals surface area contributed by atoms with Gasteiger partial charge in [-0.15, -0.1) is 11.3 Å². The SMILES string of the molecule is O=C(O)CCN1C(=O)/C(=C\c2ccc(-c3ccccc3Cl)s2)SC1=S. The van der Waals surface area contributed by atoms with E-state index in [1.807, 2.05) is 36.4 Å². The number of rotatable bonds is 5. The molecule has 2 heterocycles. The first kappa shape index (κ1) is 18.1. The molecule has 0 radical (unpaired) electrons. The molecule has 1 amide bonds. The molecular formula is C17H12ClNO3S3. The first-order valence-corrected chi connectivity index (χ1v) is 9.69. The third-order valence-electron chi connectivity index (χ3n) is 3.46. The first-order chi connectivity index (χ1) is 12.0. The number of carboxylic acids is 1. The van der Waals surface area contributed by atoms with Gasteiger partial charge in [-0.25, -0.2) is 0 Å². The molecule has 3 rings (SSSR count). The summed E-state index contributed by atoms with van der Waals surface area (Å²) in [6, 6.07) is 11.5. The second-order valence-electron chi connectivity index (χ2n) is 5.16. The number of hydrogen-bond acceptors (Lipinski definition) is 5. The van der Waals surface area contributed by atoms with Crippen LogP contribution in [0.25, 0.3) is 16.5 Å². The highest BCUT2D eigenvalue weighted by Crippen LogP contribution is 2.37. The van der Waals surface area contributed by atoms with Crippen molar-refractivity contribution in [1.29, 1.82) is 0 Å². The van der Waals surface area contributed by atoms with Crippen LogP contribution in [0.1, 0.15) is 11.3 Å². The number of carbonyl (C=O) groups excluding carboxylic acids is 1. The third kappa shape index (κ3) is 4.12. The van der Waals surface area contributed by atoms with Gasteiger partial charge in [0, 0.05) is 26.9 Å². The van der Waals surface area contributed by atoms with Gasteiger partial charge in [-0.05, 0) is 24.3 Å². The smallest absolute Gasteiger partial charge is 0.305 e. The zero-order valence-electron chi connectivity index (χ0n) is 12.8. The maximum Gasteiger partial charge on any atom is 0.305 e. The quantitative estimate of drug-likeness (QED) is 0.570. The van der Waals surface area contributed by atoms with Crippen molar-refractivity contribution in [2.45, 2.75) is 6.42 Å². The fourth-order valence-electron chi connectivity index (χ4n) is 2.27. The van der Waals surface area contributed by atoms with Crippen molar-refractivity contribution in [1.82, 2.24) is 4.90 Å². The highest BCUT2D eigenvalue weighted by Gasteiger charge is 2.32. The average Bonchev–Trinajstić information content (AvgIpc) is 3.12. The lowest BCUT2D eigenvalue weighted by Crippen LogP contribution is -2.30. The Morgan fingerprint density at radius 3 is 2.76 bits per heavy atom. The van der Waals surface area contributed by atoms with Gasteiger partial charge in [-0.1, -0.05) is 53.8 Å². The molecule has 1 N–H and O–H groups in total. The van der Waals surface area contributed by atoms with Gasteiger partial charge in [0.1, 0.15) is 4.32 Å². The topological polar surface area (TPSA) is 57.6 Å². The van der Waals surface area contributed by atoms with Gasteiger partial charge >= 0.3 is 5.97 Å². The zero-order chi connectivity index (χ0) is 18.0. The number of thioether (sulfide) groups is 1. The number of carbonyl (C=O) groups is 2. The molecule has 0 unspecified atom stereocenters. The summed E-state index contributed by atoms with van der Waals surface area (Å²) in [5, 5.41) is 9.45. The van der Waals surface area contributed by atoms with E-state index in [-0.39, 0.29) is 18.9 Å². The Hall–Kier alpha value is -1.67. The molecule has 25 heavy (non-hydrogen) atoms. The number of aliphatic carboxylic acids is 1. The fourth-order valence-corrected chi connectivity index (χ4v) is 4.92. The van der Waals surface area contributed by atoms with Crippen LogP contribution in [-0.2, 0) is 9.59 Å². The Kier molecular flexibility index (Phi) is 5.58. The predicted molar refractivity (Wildman–Crippen MR) is 107 cm³/mol. The molecule has 1 fully saturated rings. The summed E-state index contributed by atoms with van der Waals surface area (Å²) < 4.78 is 0.389. The third-order valence-corrected chi connectivity index (χ3v) is 6.24. The Bertz CT molecular complexity index is 891. The summed E-state index contributed by atoms with van der Waals surface area (Å²) in [5.74, 6) is -1.20. The minimum atomic E-state index is -0.958. The molecule has 8 heteroatoms. The summed E-state index contributed by atoms with van der Waals surface area (Å²) in [6.45, 7) is 0.0899. The highest BCUT2D eigenvalue weighted by molar-refractivity contribution is 8.26. The fraction of sp³-hybridized carbons (Fsp3) is 0.118. The molecule has 0 saturated carbocycles. The molecule has 1 aromatic carbocycles. The largest absolute Gasteiger partial charge is 0.481 e. The van der Waals surface area contributed by atoms with Crippen LogP contribution in [0.15, 0.2) is 41.3 Å². The van der Waals surface area contributed by atoms with Crippen molar-refractivity contribution < 1.29 is 14.7 Å². The number of amides is 1. The summed E-state index contributed by atoms with van der Waals surface area (Å²) in [6.07, 6.45) is 1.65. The summed E-state index contributed by atoms with van der Waals surface area (Å²) in [4.78, 5) is 26.9. The number of carboxylic acid groups (broad SMARTS) is 1. The van der Waals surface area contributed by atoms with E-state index in [9.17, 15) is 9.59 Å². The Morgan fingerprint density at radius 1 is 1.28 bits per heavy atom. The van der Waals surface area contributed by atoms with Gasteiger partial charge in [-0.2, -0.15) is 0 Å². The van der Waals surface area contributed by atoms with Crippen LogP contribution in [0.2, 0.25) is 5.02 Å². The molecule has 1 saturated heterocycles. The lowest BCUT2D eigenvalue weighted by atomic mass is 10.2. The van der Waals surface area contributed by atoms with Crippen LogP contribution in [0.3, 0.4) is 0 Å². The second kappa shape index (κ2) is 7.70. The Labute approximate surface area is 163 Å². The van der Waals surface area contributed by atoms with Crippen LogP contribution >= 0.6 is 46.9 Å². The number of benzene rings is 1. The predicted octanol–water partition coefficient (Wildman–Crippen LogP) is 4.74. The average molecular weight is 410 g/mol. The van der Waals surface area contributed by atoms with Crippen LogP contribution in [0.5, 0.6) is 0 Å². The van der Waals surface area contributed by atoms with Crippen LogP contribution in [-0.4, -0.2) is 32.7 Å². The summed E-state index contributed by atoms with van der Waals surface area (Å²) in [5.41, 5.74) is 0.947. The van der Waals surface area contributed by atoms with Crippen LogP contribution in [0, 0.1) is 0 Å². The van der Waals surface area contributed by atoms with Crippen molar-refractivity contribution in [2.75, 3.05) is 6.54 Å². The maximum atomic E-state index is 12.4. The van der Waals surface area contributed by atoms with Gasteiger partial charge in [0.25, 0.3) is 5.91 Å². The van der Waals surface area contributed by atoms with Gasteiger partial charge in [0.05, 0.1) is 11.3 Å². The number of thiocarbonyl (C=S) groups is 1. The number of thiophene rings is 1. The van der Waals surface area contributed by atoms with Crippen molar-refractivity contribution >= 4 is 69.2 Å². The Morgan fingerprint density at radius 2 is 2.04 bits per heavy atom. The van der Waals surface area contributed by atoms with Gasteiger partial charge < -0.3 is 5.11 Å². The van der Waals surface area contributed by atoms with Crippen molar-refractivity contribution in [2.24, 2.45) is 0 Å². The van der Waals surface area contributed by atoms with Gasteiger partial charge in [0.2, 0.25) is 0 Å². The van der Waals surface area contributed by atoms with E-state index in [1.165, 1.54) is 28.0 Å². The molecule has 128 valence electrons. The second-order valence-corrected chi connectivity index (χ2v) is 8.36. The van der Waals surface area contributed by atoms with Crippen LogP contribution in [0.4, 0.5) is 0 Å². The highest BCUT2D eigenvalue weighted by atomic mass is 35.5. The van der Waals surface area contributed by atoms with E-state index in [4.69, 9.17) is 28.9 Å². The molecule has 0 bridgehead atoms. The molecule has 4 nitrogen and oxygen atoms in total. The Balaban J connectivity index is 1.80. The molecule has 0 aliphatic carbocycles. The number of nitrogens with zero attached hydrogens (tertiary/aromatic N) is 1. The van der Waals surface area contributed by atoms with Crippen LogP contribution < -0.4 is 0 Å². The lowest BCUT2D eigenvalue weighted by molar-refractivity contribution is -0.137. The normalized spacial score (nSPS) is 16.0. The van der Waals surface area contributed by atoms with Crippen molar-refractivity contribution in [3.63, 3.8) is 0 Å². The molecular weight excluding hydrogens is 398 g/mol. The summed E-state index contributed by atoms with van der Waals surface area (Å²) >= 11 is 14.1. The molecule has 0 spiro atoms. The molecule has 1 aromatic heterocycles. The first-order valence-electron chi connectivity index (χ1n) is 7.27. The standard InChI is InChI=1S/C17H12ClNO3S3/c18-12-4-2-1-3-11(12)13-6-5-10(24-13)9-14-16(22)19(17(23)25-14)8-7-15(20)21/h1-6,9H,7-8H2,(H,20,21)/b14-9+. The van der Waals surface area contributed by atoms with E-state index in [0.29, 0.717) is 14.2 Å². The van der Waals surface area contributed by atoms with Gasteiger partial charge in [0.15, 0.2) is 0 Å². The minimum absolute atomic E-state index is 0.0899. The van der Waals surface area contributed by atoms with Gasteiger partial charge in [-0.3, -0.25) is 14.5 Å². The number of halogens is 1. The van der Waals surface area contributed by atoms with E-state index >= 15 is 0 Å². The summed E-state index contributed by atoms with van der Waals surface area (Å²) in [7, 11) is 0. The van der Waals surface area contributed by atoms with Crippen molar-refractivity contribution in [3.8, 4) is 10.4 Å². The number of hydrogen-bond donors (Lipinski definition) is 1. The maximum absolute atomic E-state index is 12.4. The molecule has 1 aliphatic rings. The van der Waals surface area contributed by atoms with E-state index in [0.717, 1.165) is 15.3 Å². The zero-order valence-corrected chi connectivity index (χ0v) is 16.0. The minimum Gasteiger partial charge on any atom is -0.481 e. The monoisotopic (exact) mass is 409 g/mol. The van der Waals surface area contributed by atoms with E-state index in [1.54, 1.807) is 6.08 Å². The van der Waals surface area contributed by atoms with E-state index in [2.05, 4.69) is 0 Å². The van der Waals surface area contributed by atoms with E-state index < -0.39 is 5.97 Å².